The van der Waals surface area contributed by atoms with Crippen LogP contribution >= 0.6 is 22.9 Å². The van der Waals surface area contributed by atoms with Gasteiger partial charge in [0.05, 0.1) is 17.8 Å². The van der Waals surface area contributed by atoms with Crippen molar-refractivity contribution in [3.63, 3.8) is 0 Å². The van der Waals surface area contributed by atoms with Gasteiger partial charge in [-0.15, -0.1) is 16.4 Å². The third-order valence-corrected chi connectivity index (χ3v) is 5.44. The molecule has 0 saturated heterocycles. The maximum atomic E-state index is 12.5. The van der Waals surface area contributed by atoms with E-state index in [9.17, 15) is 9.59 Å². The SMILES string of the molecule is COc1cc(Cl)c(C)cc1NC(=O)Cn1nc(-c2cc(-c3csc(C)n3)on2)oc1=O. The number of aromatic nitrogens is 4. The van der Waals surface area contributed by atoms with Crippen molar-refractivity contribution in [2.75, 3.05) is 12.4 Å². The molecule has 160 valence electrons. The molecule has 0 spiro atoms. The Labute approximate surface area is 184 Å². The summed E-state index contributed by atoms with van der Waals surface area (Å²) in [5, 5.41) is 13.8. The first-order valence-electron chi connectivity index (χ1n) is 8.95. The summed E-state index contributed by atoms with van der Waals surface area (Å²) in [7, 11) is 1.46. The Kier molecular flexibility index (Phi) is 5.61. The van der Waals surface area contributed by atoms with E-state index in [1.807, 2.05) is 12.3 Å². The van der Waals surface area contributed by atoms with Gasteiger partial charge in [0.2, 0.25) is 5.91 Å². The average molecular weight is 462 g/mol. The van der Waals surface area contributed by atoms with E-state index in [0.29, 0.717) is 27.9 Å². The minimum Gasteiger partial charge on any atom is -0.495 e. The molecule has 3 heterocycles. The van der Waals surface area contributed by atoms with Crippen LogP contribution < -0.4 is 15.8 Å². The molecule has 1 N–H and O–H groups in total. The predicted molar refractivity (Wildman–Crippen MR) is 113 cm³/mol. The summed E-state index contributed by atoms with van der Waals surface area (Å²) in [4.78, 5) is 28.9. The van der Waals surface area contributed by atoms with Gasteiger partial charge in [-0.3, -0.25) is 4.79 Å². The van der Waals surface area contributed by atoms with Crippen LogP contribution in [-0.2, 0) is 11.3 Å². The van der Waals surface area contributed by atoms with Gasteiger partial charge in [0.1, 0.15) is 18.0 Å². The fraction of sp³-hybridized carbons (Fsp3) is 0.211. The van der Waals surface area contributed by atoms with Crippen LogP contribution in [0.4, 0.5) is 5.69 Å². The van der Waals surface area contributed by atoms with Gasteiger partial charge < -0.3 is 19.0 Å². The number of ether oxygens (including phenoxy) is 1. The molecule has 0 saturated carbocycles. The van der Waals surface area contributed by atoms with Crippen LogP contribution in [0.15, 0.2) is 37.3 Å². The van der Waals surface area contributed by atoms with Crippen LogP contribution in [-0.4, -0.2) is 32.9 Å². The number of thiazole rings is 1. The minimum absolute atomic E-state index is 0.0698. The molecule has 4 aromatic rings. The summed E-state index contributed by atoms with van der Waals surface area (Å²) in [5.41, 5.74) is 2.02. The van der Waals surface area contributed by atoms with Gasteiger partial charge in [0.15, 0.2) is 11.5 Å². The maximum absolute atomic E-state index is 12.5. The number of nitrogens with one attached hydrogen (secondary N) is 1. The molecule has 0 bridgehead atoms. The smallest absolute Gasteiger partial charge is 0.437 e. The van der Waals surface area contributed by atoms with Crippen molar-refractivity contribution in [3.8, 4) is 28.8 Å². The van der Waals surface area contributed by atoms with Crippen LogP contribution in [0.2, 0.25) is 5.02 Å². The van der Waals surface area contributed by atoms with Gasteiger partial charge in [0.25, 0.3) is 5.89 Å². The van der Waals surface area contributed by atoms with Gasteiger partial charge in [-0.2, -0.15) is 4.68 Å². The van der Waals surface area contributed by atoms with Crippen molar-refractivity contribution < 1.29 is 18.5 Å². The Bertz CT molecular complexity index is 1320. The van der Waals surface area contributed by atoms with E-state index in [2.05, 4.69) is 20.6 Å². The first kappa shape index (κ1) is 20.8. The number of aryl methyl sites for hydroxylation is 2. The second-order valence-electron chi connectivity index (χ2n) is 6.51. The largest absolute Gasteiger partial charge is 0.495 e. The summed E-state index contributed by atoms with van der Waals surface area (Å²) in [6.45, 7) is 3.30. The van der Waals surface area contributed by atoms with Crippen LogP contribution in [0.1, 0.15) is 10.6 Å². The third-order valence-electron chi connectivity index (χ3n) is 4.26. The first-order chi connectivity index (χ1) is 14.8. The number of anilines is 1. The third kappa shape index (κ3) is 4.37. The number of amides is 1. The Morgan fingerprint density at radius 2 is 2.10 bits per heavy atom. The average Bonchev–Trinajstić information content (AvgIpc) is 3.45. The lowest BCUT2D eigenvalue weighted by Crippen LogP contribution is -2.26. The van der Waals surface area contributed by atoms with Crippen LogP contribution in [0.5, 0.6) is 5.75 Å². The normalized spacial score (nSPS) is 11.0. The van der Waals surface area contributed by atoms with Crippen molar-refractivity contribution in [1.29, 1.82) is 0 Å². The highest BCUT2D eigenvalue weighted by atomic mass is 35.5. The number of carbonyl (C=O) groups excluding carboxylic acids is 1. The molecule has 0 fully saturated rings. The highest BCUT2D eigenvalue weighted by Gasteiger charge is 2.19. The van der Waals surface area contributed by atoms with Crippen molar-refractivity contribution in [1.82, 2.24) is 19.9 Å². The van der Waals surface area contributed by atoms with Gasteiger partial charge >= 0.3 is 5.76 Å². The zero-order chi connectivity index (χ0) is 22.1. The Hall–Kier alpha value is -3.44. The molecular formula is C19H16ClN5O5S. The fourth-order valence-electron chi connectivity index (χ4n) is 2.74. The molecule has 0 aliphatic heterocycles. The van der Waals surface area contributed by atoms with E-state index in [0.717, 1.165) is 15.3 Å². The topological polar surface area (TPSA) is 125 Å². The van der Waals surface area contributed by atoms with E-state index in [4.69, 9.17) is 25.3 Å². The molecule has 0 radical (unpaired) electrons. The lowest BCUT2D eigenvalue weighted by atomic mass is 10.2. The monoisotopic (exact) mass is 461 g/mol. The quantitative estimate of drug-likeness (QED) is 0.462. The number of nitrogens with zero attached hydrogens (tertiary/aromatic N) is 4. The second kappa shape index (κ2) is 8.36. The van der Waals surface area contributed by atoms with Gasteiger partial charge in [0, 0.05) is 22.5 Å². The highest BCUT2D eigenvalue weighted by Crippen LogP contribution is 2.31. The first-order valence-corrected chi connectivity index (χ1v) is 10.2. The molecule has 1 aromatic carbocycles. The Morgan fingerprint density at radius 1 is 1.29 bits per heavy atom. The van der Waals surface area contributed by atoms with Crippen molar-refractivity contribution >= 4 is 34.5 Å². The number of rotatable bonds is 6. The molecule has 12 heteroatoms. The summed E-state index contributed by atoms with van der Waals surface area (Å²) in [6.07, 6.45) is 0. The number of hydrogen-bond donors (Lipinski definition) is 1. The molecule has 3 aromatic heterocycles. The summed E-state index contributed by atoms with van der Waals surface area (Å²) in [5.74, 6) is -0.567. The fourth-order valence-corrected chi connectivity index (χ4v) is 3.49. The van der Waals surface area contributed by atoms with E-state index in [1.54, 1.807) is 25.1 Å². The molecule has 0 aliphatic carbocycles. The van der Waals surface area contributed by atoms with Gasteiger partial charge in [-0.05, 0) is 25.5 Å². The standard InChI is InChI=1S/C19H16ClN5O5S/c1-9-4-12(15(28-3)5-11(9)20)22-17(26)7-25-19(27)29-18(23-25)13-6-16(30-24-13)14-8-31-10(2)21-14/h4-6,8H,7H2,1-3H3,(H,22,26). The molecule has 31 heavy (non-hydrogen) atoms. The minimum atomic E-state index is -0.807. The van der Waals surface area contributed by atoms with Crippen LogP contribution in [0.25, 0.3) is 23.0 Å². The van der Waals surface area contributed by atoms with E-state index < -0.39 is 11.7 Å². The van der Waals surface area contributed by atoms with Crippen molar-refractivity contribution in [2.45, 2.75) is 20.4 Å². The van der Waals surface area contributed by atoms with E-state index in [-0.39, 0.29) is 18.1 Å². The molecule has 0 unspecified atom stereocenters. The number of benzene rings is 1. The molecule has 0 aliphatic rings. The lowest BCUT2D eigenvalue weighted by Gasteiger charge is -2.12. The van der Waals surface area contributed by atoms with Crippen LogP contribution in [0, 0.1) is 13.8 Å². The second-order valence-corrected chi connectivity index (χ2v) is 7.98. The molecular weight excluding hydrogens is 446 g/mol. The van der Waals surface area contributed by atoms with Crippen LogP contribution in [0.3, 0.4) is 0 Å². The van der Waals surface area contributed by atoms with E-state index >= 15 is 0 Å². The molecule has 0 atom stereocenters. The predicted octanol–water partition coefficient (Wildman–Crippen LogP) is 3.53. The maximum Gasteiger partial charge on any atom is 0.437 e. The Morgan fingerprint density at radius 3 is 2.81 bits per heavy atom. The highest BCUT2D eigenvalue weighted by molar-refractivity contribution is 7.09. The van der Waals surface area contributed by atoms with Gasteiger partial charge in [-0.25, -0.2) is 9.78 Å². The Balaban J connectivity index is 1.51. The molecule has 10 nitrogen and oxygen atoms in total. The zero-order valence-corrected chi connectivity index (χ0v) is 18.2. The van der Waals surface area contributed by atoms with Crippen molar-refractivity contribution in [2.24, 2.45) is 0 Å². The number of methoxy groups -OCH3 is 1. The number of hydrogen-bond acceptors (Lipinski definition) is 9. The molecule has 1 amide bonds. The lowest BCUT2D eigenvalue weighted by molar-refractivity contribution is -0.117. The van der Waals surface area contributed by atoms with Gasteiger partial charge in [-0.1, -0.05) is 16.8 Å². The number of carbonyl (C=O) groups is 1. The zero-order valence-electron chi connectivity index (χ0n) is 16.6. The molecule has 4 rings (SSSR count). The van der Waals surface area contributed by atoms with E-state index in [1.165, 1.54) is 18.4 Å². The number of halogens is 1. The summed E-state index contributed by atoms with van der Waals surface area (Å²) >= 11 is 7.55. The summed E-state index contributed by atoms with van der Waals surface area (Å²) < 4.78 is 16.5. The summed E-state index contributed by atoms with van der Waals surface area (Å²) in [6, 6.07) is 4.83. The van der Waals surface area contributed by atoms with Crippen molar-refractivity contribution in [3.05, 3.63) is 49.7 Å².